The number of aromatic nitrogens is 4. The highest BCUT2D eigenvalue weighted by atomic mass is 79.9. The number of halogens is 2. The minimum atomic E-state index is -0.0566. The Balaban J connectivity index is 1.98. The average molecular weight is 394 g/mol. The summed E-state index contributed by atoms with van der Waals surface area (Å²) in [7, 11) is 0. The fourth-order valence-electron chi connectivity index (χ4n) is 3.03. The molecule has 5 nitrogen and oxygen atoms in total. The molecule has 7 heteroatoms. The molecule has 0 saturated heterocycles. The van der Waals surface area contributed by atoms with E-state index in [4.69, 9.17) is 16.6 Å². The summed E-state index contributed by atoms with van der Waals surface area (Å²) >= 11 is 9.74. The van der Waals surface area contributed by atoms with Crippen LogP contribution >= 0.6 is 27.5 Å². The Kier molecular flexibility index (Phi) is 3.73. The summed E-state index contributed by atoms with van der Waals surface area (Å²) in [4.78, 5) is 21.7. The molecule has 0 amide bonds. The van der Waals surface area contributed by atoms with E-state index in [0.29, 0.717) is 16.2 Å². The first-order valence-electron chi connectivity index (χ1n) is 7.57. The minimum absolute atomic E-state index is 0.0566. The molecule has 4 rings (SSSR count). The second kappa shape index (κ2) is 5.76. The predicted molar refractivity (Wildman–Crippen MR) is 93.4 cm³/mol. The Morgan fingerprint density at radius 2 is 2.09 bits per heavy atom. The van der Waals surface area contributed by atoms with E-state index in [9.17, 15) is 4.79 Å². The fraction of sp³-hybridized carbons (Fsp3) is 0.312. The Labute approximate surface area is 146 Å². The van der Waals surface area contributed by atoms with Crippen molar-refractivity contribution in [3.05, 3.63) is 50.2 Å². The summed E-state index contributed by atoms with van der Waals surface area (Å²) < 4.78 is 4.46. The van der Waals surface area contributed by atoms with Crippen molar-refractivity contribution in [2.24, 2.45) is 0 Å². The van der Waals surface area contributed by atoms with Crippen molar-refractivity contribution in [1.29, 1.82) is 0 Å². The summed E-state index contributed by atoms with van der Waals surface area (Å²) in [5, 5.41) is 0.579. The van der Waals surface area contributed by atoms with Gasteiger partial charge in [-0.3, -0.25) is 13.9 Å². The van der Waals surface area contributed by atoms with Gasteiger partial charge in [0.25, 0.3) is 5.56 Å². The third kappa shape index (κ3) is 2.50. The fourth-order valence-corrected chi connectivity index (χ4v) is 3.80. The van der Waals surface area contributed by atoms with Crippen molar-refractivity contribution in [3.8, 4) is 5.69 Å². The van der Waals surface area contributed by atoms with Crippen LogP contribution in [0.4, 0.5) is 0 Å². The van der Waals surface area contributed by atoms with Gasteiger partial charge >= 0.3 is 0 Å². The molecular weight excluding hydrogens is 380 g/mol. The van der Waals surface area contributed by atoms with Gasteiger partial charge in [-0.05, 0) is 31.0 Å². The van der Waals surface area contributed by atoms with Crippen molar-refractivity contribution in [1.82, 2.24) is 19.1 Å². The summed E-state index contributed by atoms with van der Waals surface area (Å²) in [5.41, 5.74) is 1.68. The van der Waals surface area contributed by atoms with E-state index in [2.05, 4.69) is 20.9 Å². The maximum atomic E-state index is 12.7. The van der Waals surface area contributed by atoms with Crippen molar-refractivity contribution in [2.75, 3.05) is 0 Å². The highest BCUT2D eigenvalue weighted by molar-refractivity contribution is 9.10. The van der Waals surface area contributed by atoms with Crippen LogP contribution in [-0.2, 0) is 13.0 Å². The molecule has 0 radical (unpaired) electrons. The first kappa shape index (κ1) is 14.9. The zero-order valence-electron chi connectivity index (χ0n) is 12.3. The zero-order valence-corrected chi connectivity index (χ0v) is 14.6. The van der Waals surface area contributed by atoms with Crippen LogP contribution in [0.5, 0.6) is 0 Å². The predicted octanol–water partition coefficient (Wildman–Crippen LogP) is 3.72. The molecule has 1 aliphatic rings. The lowest BCUT2D eigenvalue weighted by Crippen LogP contribution is -2.24. The second-order valence-corrected chi connectivity index (χ2v) is 7.00. The van der Waals surface area contributed by atoms with E-state index in [1.165, 1.54) is 0 Å². The highest BCUT2D eigenvalue weighted by Gasteiger charge is 2.18. The lowest BCUT2D eigenvalue weighted by atomic mass is 10.2. The van der Waals surface area contributed by atoms with Gasteiger partial charge in [0.1, 0.15) is 12.2 Å². The van der Waals surface area contributed by atoms with E-state index in [1.54, 1.807) is 15.5 Å². The quantitative estimate of drug-likeness (QED) is 0.633. The first-order chi connectivity index (χ1) is 11.1. The molecule has 0 saturated carbocycles. The smallest absolute Gasteiger partial charge is 0.281 e. The van der Waals surface area contributed by atoms with E-state index >= 15 is 0 Å². The maximum Gasteiger partial charge on any atom is 0.281 e. The standard InChI is InChI=1S/C16H14BrClN4O/c17-10-5-6-12(11(18)8-10)22-9-19-14-15(22)20-13-4-2-1-3-7-21(13)16(14)23/h5-6,8-9H,1-4,7H2. The average Bonchev–Trinajstić information content (AvgIpc) is 2.78. The maximum absolute atomic E-state index is 12.7. The van der Waals surface area contributed by atoms with Crippen LogP contribution in [-0.4, -0.2) is 19.1 Å². The van der Waals surface area contributed by atoms with Gasteiger partial charge in [-0.15, -0.1) is 0 Å². The van der Waals surface area contributed by atoms with Gasteiger partial charge < -0.3 is 0 Å². The number of hydrogen-bond donors (Lipinski definition) is 0. The van der Waals surface area contributed by atoms with Crippen molar-refractivity contribution < 1.29 is 0 Å². The van der Waals surface area contributed by atoms with E-state index in [0.717, 1.165) is 48.2 Å². The Bertz CT molecular complexity index is 963. The van der Waals surface area contributed by atoms with Crippen LogP contribution in [0.2, 0.25) is 5.02 Å². The summed E-state index contributed by atoms with van der Waals surface area (Å²) in [5.74, 6) is 0.843. The summed E-state index contributed by atoms with van der Waals surface area (Å²) in [6.45, 7) is 0.725. The normalized spacial score (nSPS) is 14.7. The van der Waals surface area contributed by atoms with Crippen LogP contribution in [0.1, 0.15) is 25.1 Å². The van der Waals surface area contributed by atoms with Crippen LogP contribution in [0.15, 0.2) is 33.8 Å². The molecular formula is C16H14BrClN4O. The lowest BCUT2D eigenvalue weighted by molar-refractivity contribution is 0.613. The monoisotopic (exact) mass is 392 g/mol. The third-order valence-corrected chi connectivity index (χ3v) is 4.98. The van der Waals surface area contributed by atoms with Crippen LogP contribution in [0.25, 0.3) is 16.9 Å². The van der Waals surface area contributed by atoms with E-state index in [1.807, 2.05) is 18.2 Å². The van der Waals surface area contributed by atoms with Gasteiger partial charge in [0.15, 0.2) is 11.2 Å². The number of rotatable bonds is 1. The molecule has 0 N–H and O–H groups in total. The van der Waals surface area contributed by atoms with Crippen molar-refractivity contribution >= 4 is 38.7 Å². The molecule has 23 heavy (non-hydrogen) atoms. The molecule has 1 aliphatic heterocycles. The molecule has 0 unspecified atom stereocenters. The molecule has 1 aromatic carbocycles. The Morgan fingerprint density at radius 1 is 1.22 bits per heavy atom. The SMILES string of the molecule is O=c1c2ncn(-c3ccc(Br)cc3Cl)c2nc2n1CCCCC2. The number of nitrogens with zero attached hydrogens (tertiary/aromatic N) is 4. The molecule has 0 atom stereocenters. The van der Waals surface area contributed by atoms with Crippen molar-refractivity contribution in [2.45, 2.75) is 32.2 Å². The Morgan fingerprint density at radius 3 is 2.91 bits per heavy atom. The lowest BCUT2D eigenvalue weighted by Gasteiger charge is -2.10. The van der Waals surface area contributed by atoms with Crippen molar-refractivity contribution in [3.63, 3.8) is 0 Å². The van der Waals surface area contributed by atoms with E-state index < -0.39 is 0 Å². The highest BCUT2D eigenvalue weighted by Crippen LogP contribution is 2.26. The second-order valence-electron chi connectivity index (χ2n) is 5.68. The summed E-state index contributed by atoms with van der Waals surface area (Å²) in [6.07, 6.45) is 5.64. The van der Waals surface area contributed by atoms with Crippen LogP contribution in [0, 0.1) is 0 Å². The minimum Gasteiger partial charge on any atom is -0.295 e. The molecule has 118 valence electrons. The first-order valence-corrected chi connectivity index (χ1v) is 8.74. The summed E-state index contributed by atoms with van der Waals surface area (Å²) in [6, 6.07) is 5.61. The van der Waals surface area contributed by atoms with Gasteiger partial charge in [0, 0.05) is 17.4 Å². The topological polar surface area (TPSA) is 52.7 Å². The third-order valence-electron chi connectivity index (χ3n) is 4.19. The molecule has 3 aromatic rings. The largest absolute Gasteiger partial charge is 0.295 e. The molecule has 0 aliphatic carbocycles. The molecule has 0 spiro atoms. The molecule has 2 aromatic heterocycles. The molecule has 0 fully saturated rings. The number of fused-ring (bicyclic) bond motifs is 2. The zero-order chi connectivity index (χ0) is 16.0. The number of imidazole rings is 1. The number of aryl methyl sites for hydroxylation is 1. The van der Waals surface area contributed by atoms with Gasteiger partial charge in [-0.1, -0.05) is 34.0 Å². The van der Waals surface area contributed by atoms with Gasteiger partial charge in [0.05, 0.1) is 10.7 Å². The van der Waals surface area contributed by atoms with Crippen LogP contribution in [0.3, 0.4) is 0 Å². The number of hydrogen-bond acceptors (Lipinski definition) is 3. The van der Waals surface area contributed by atoms with Gasteiger partial charge in [-0.2, -0.15) is 0 Å². The molecule has 0 bridgehead atoms. The Hall–Kier alpha value is -1.66. The van der Waals surface area contributed by atoms with Gasteiger partial charge in [0.2, 0.25) is 0 Å². The van der Waals surface area contributed by atoms with E-state index in [-0.39, 0.29) is 5.56 Å². The number of benzene rings is 1. The molecule has 3 heterocycles. The van der Waals surface area contributed by atoms with Gasteiger partial charge in [-0.25, -0.2) is 9.97 Å². The van der Waals surface area contributed by atoms with Crippen LogP contribution < -0.4 is 5.56 Å².